The van der Waals surface area contributed by atoms with Crippen molar-refractivity contribution in [2.45, 2.75) is 0 Å². The standard InChI is InChI=1S/C21H15ClN4.C21H14N4/c22-19-15-10-4-6-12-17(15)25(14-8-2-1-3-9-14)20(19)26-18-13-7-5-11-16(18)24-21(26)23;1-2-8-14(9-3-1)24-17-12-6-4-10-15(17)19-20(24)25-18-13-7-5-11-16(18)22-21(25)23-19/h1-13H,(H2,23,24);1-13H,(H,22,23). The van der Waals surface area contributed by atoms with Gasteiger partial charge in [-0.3, -0.25) is 18.1 Å². The van der Waals surface area contributed by atoms with Crippen molar-refractivity contribution in [3.05, 3.63) is 163 Å². The van der Waals surface area contributed by atoms with E-state index in [1.807, 2.05) is 77.4 Å². The van der Waals surface area contributed by atoms with Gasteiger partial charge < -0.3 is 10.7 Å². The van der Waals surface area contributed by atoms with Crippen LogP contribution in [0.4, 0.5) is 5.95 Å². The van der Waals surface area contributed by atoms with E-state index in [9.17, 15) is 0 Å². The van der Waals surface area contributed by atoms with E-state index in [1.165, 1.54) is 10.9 Å². The molecule has 0 bridgehead atoms. The molecule has 0 amide bonds. The molecule has 0 spiro atoms. The van der Waals surface area contributed by atoms with Gasteiger partial charge in [0.2, 0.25) is 11.7 Å². The molecule has 8 nitrogen and oxygen atoms in total. The lowest BCUT2D eigenvalue weighted by Crippen LogP contribution is -2.07. The Morgan fingerprint density at radius 2 is 1.06 bits per heavy atom. The highest BCUT2D eigenvalue weighted by Crippen LogP contribution is 2.39. The molecule has 9 heteroatoms. The van der Waals surface area contributed by atoms with Crippen LogP contribution in [0.1, 0.15) is 0 Å². The summed E-state index contributed by atoms with van der Waals surface area (Å²) in [6, 6.07) is 53.4. The average Bonchev–Trinajstić information content (AvgIpc) is 3.96. The molecular formula is C42H29ClN8. The molecule has 0 radical (unpaired) electrons. The number of nitrogens with two attached hydrogens (primary N) is 1. The summed E-state index contributed by atoms with van der Waals surface area (Å²) in [4.78, 5) is 12.9. The number of para-hydroxylation sites is 8. The van der Waals surface area contributed by atoms with Gasteiger partial charge in [-0.2, -0.15) is 0 Å². The van der Waals surface area contributed by atoms with Gasteiger partial charge in [0.05, 0.1) is 38.1 Å². The maximum atomic E-state index is 6.85. The zero-order chi connectivity index (χ0) is 34.1. The van der Waals surface area contributed by atoms with Gasteiger partial charge >= 0.3 is 0 Å². The Kier molecular flexibility index (Phi) is 6.52. The Morgan fingerprint density at radius 3 is 1.78 bits per heavy atom. The average molecular weight is 681 g/mol. The molecule has 244 valence electrons. The summed E-state index contributed by atoms with van der Waals surface area (Å²) in [5, 5.41) is 2.80. The largest absolute Gasteiger partial charge is 0.369 e. The van der Waals surface area contributed by atoms with Crippen LogP contribution in [0.25, 0.3) is 78.0 Å². The number of nitrogens with zero attached hydrogens (tertiary/aromatic N) is 6. The predicted molar refractivity (Wildman–Crippen MR) is 209 cm³/mol. The SMILES string of the molecule is Nc1nc2ccccc2n1-c1c(Cl)c2ccccc2n1-c1ccccc1.c1ccc(-n2c3ccccc3c3nc4[nH]c5ccccc5n4c32)cc1. The molecule has 0 aliphatic heterocycles. The Balaban J connectivity index is 0.000000128. The normalized spacial score (nSPS) is 11.7. The number of nitrogen functional groups attached to an aromatic ring is 1. The number of benzene rings is 6. The van der Waals surface area contributed by atoms with E-state index < -0.39 is 0 Å². The number of rotatable bonds is 3. The molecule has 3 N–H and O–H groups in total. The number of halogens is 1. The molecule has 0 unspecified atom stereocenters. The van der Waals surface area contributed by atoms with Crippen molar-refractivity contribution in [1.29, 1.82) is 0 Å². The first-order valence-electron chi connectivity index (χ1n) is 16.7. The molecule has 51 heavy (non-hydrogen) atoms. The van der Waals surface area contributed by atoms with Crippen LogP contribution in [0.3, 0.4) is 0 Å². The van der Waals surface area contributed by atoms with Crippen molar-refractivity contribution in [2.24, 2.45) is 0 Å². The van der Waals surface area contributed by atoms with Gasteiger partial charge in [-0.1, -0.05) is 109 Å². The van der Waals surface area contributed by atoms with Gasteiger partial charge in [-0.25, -0.2) is 9.97 Å². The van der Waals surface area contributed by atoms with Gasteiger partial charge in [0, 0.05) is 22.1 Å². The van der Waals surface area contributed by atoms with Crippen molar-refractivity contribution in [1.82, 2.24) is 33.1 Å². The van der Waals surface area contributed by atoms with E-state index in [4.69, 9.17) is 22.3 Å². The number of nitrogens with one attached hydrogen (secondary N) is 1. The molecule has 0 aliphatic rings. The third-order valence-electron chi connectivity index (χ3n) is 9.47. The van der Waals surface area contributed by atoms with Gasteiger partial charge in [0.15, 0.2) is 5.65 Å². The highest BCUT2D eigenvalue weighted by atomic mass is 35.5. The molecule has 0 atom stereocenters. The summed E-state index contributed by atoms with van der Waals surface area (Å²) in [6.07, 6.45) is 0. The van der Waals surface area contributed by atoms with Crippen molar-refractivity contribution in [3.8, 4) is 17.2 Å². The van der Waals surface area contributed by atoms with Gasteiger partial charge in [0.1, 0.15) is 11.3 Å². The summed E-state index contributed by atoms with van der Waals surface area (Å²) in [7, 11) is 0. The molecule has 0 aliphatic carbocycles. The fourth-order valence-electron chi connectivity index (χ4n) is 7.32. The van der Waals surface area contributed by atoms with Gasteiger partial charge in [0.25, 0.3) is 0 Å². The second-order valence-electron chi connectivity index (χ2n) is 12.4. The summed E-state index contributed by atoms with van der Waals surface area (Å²) in [6.45, 7) is 0. The number of aromatic amines is 1. The quantitative estimate of drug-likeness (QED) is 0.195. The molecular weight excluding hydrogens is 652 g/mol. The number of H-pyrrole nitrogens is 1. The molecule has 0 saturated carbocycles. The predicted octanol–water partition coefficient (Wildman–Crippen LogP) is 10.1. The number of anilines is 1. The lowest BCUT2D eigenvalue weighted by atomic mass is 10.2. The summed E-state index contributed by atoms with van der Waals surface area (Å²) in [5.74, 6) is 2.08. The smallest absolute Gasteiger partial charge is 0.214 e. The maximum absolute atomic E-state index is 6.85. The Bertz CT molecular complexity index is 3050. The Hall–Kier alpha value is -6.77. The lowest BCUT2D eigenvalue weighted by molar-refractivity contribution is 0.975. The van der Waals surface area contributed by atoms with Crippen LogP contribution in [0, 0.1) is 0 Å². The Morgan fingerprint density at radius 1 is 0.510 bits per heavy atom. The van der Waals surface area contributed by atoms with Crippen LogP contribution < -0.4 is 5.73 Å². The first-order chi connectivity index (χ1) is 25.2. The minimum absolute atomic E-state index is 0.410. The number of imidazole rings is 3. The molecule has 11 rings (SSSR count). The van der Waals surface area contributed by atoms with Crippen LogP contribution in [-0.2, 0) is 0 Å². The van der Waals surface area contributed by atoms with Crippen LogP contribution >= 0.6 is 11.6 Å². The van der Waals surface area contributed by atoms with Crippen LogP contribution in [-0.4, -0.2) is 33.1 Å². The summed E-state index contributed by atoms with van der Waals surface area (Å²) < 4.78 is 8.56. The van der Waals surface area contributed by atoms with Crippen LogP contribution in [0.2, 0.25) is 5.02 Å². The monoisotopic (exact) mass is 680 g/mol. The molecule has 0 saturated heterocycles. The van der Waals surface area contributed by atoms with Crippen LogP contribution in [0.15, 0.2) is 158 Å². The van der Waals surface area contributed by atoms with Crippen molar-refractivity contribution in [3.63, 3.8) is 0 Å². The maximum Gasteiger partial charge on any atom is 0.214 e. The molecule has 6 aromatic carbocycles. The topological polar surface area (TPSA) is 86.8 Å². The first kappa shape index (κ1) is 29.2. The Labute approximate surface area is 296 Å². The lowest BCUT2D eigenvalue weighted by Gasteiger charge is -2.13. The number of hydrogen-bond donors (Lipinski definition) is 2. The molecule has 5 heterocycles. The van der Waals surface area contributed by atoms with E-state index in [2.05, 4.69) is 108 Å². The molecule has 11 aromatic rings. The van der Waals surface area contributed by atoms with E-state index in [0.717, 1.165) is 67.1 Å². The van der Waals surface area contributed by atoms with E-state index in [-0.39, 0.29) is 0 Å². The first-order valence-corrected chi connectivity index (χ1v) is 17.1. The number of aromatic nitrogens is 7. The fourth-order valence-corrected chi connectivity index (χ4v) is 7.65. The zero-order valence-corrected chi connectivity index (χ0v) is 27.9. The van der Waals surface area contributed by atoms with Crippen molar-refractivity contribution in [2.75, 3.05) is 5.73 Å². The minimum atomic E-state index is 0.410. The van der Waals surface area contributed by atoms with E-state index >= 15 is 0 Å². The third-order valence-corrected chi connectivity index (χ3v) is 9.85. The second-order valence-corrected chi connectivity index (χ2v) is 12.8. The number of fused-ring (bicyclic) bond motifs is 9. The van der Waals surface area contributed by atoms with Crippen molar-refractivity contribution >= 4 is 78.4 Å². The second kappa shape index (κ2) is 11.4. The fraction of sp³-hybridized carbons (Fsp3) is 0. The van der Waals surface area contributed by atoms with Gasteiger partial charge in [-0.15, -0.1) is 0 Å². The van der Waals surface area contributed by atoms with E-state index in [1.54, 1.807) is 0 Å². The molecule has 5 aromatic heterocycles. The van der Waals surface area contributed by atoms with E-state index in [0.29, 0.717) is 11.0 Å². The van der Waals surface area contributed by atoms with Gasteiger partial charge in [-0.05, 0) is 60.7 Å². The van der Waals surface area contributed by atoms with Crippen LogP contribution in [0.5, 0.6) is 0 Å². The number of hydrogen-bond acceptors (Lipinski definition) is 3. The summed E-state index contributed by atoms with van der Waals surface area (Å²) in [5.41, 5.74) is 16.8. The highest BCUT2D eigenvalue weighted by molar-refractivity contribution is 6.38. The highest BCUT2D eigenvalue weighted by Gasteiger charge is 2.23. The zero-order valence-electron chi connectivity index (χ0n) is 27.1. The summed E-state index contributed by atoms with van der Waals surface area (Å²) >= 11 is 6.85. The minimum Gasteiger partial charge on any atom is -0.369 e. The molecule has 0 fully saturated rings. The third kappa shape index (κ3) is 4.40. The van der Waals surface area contributed by atoms with Crippen molar-refractivity contribution < 1.29 is 0 Å².